The van der Waals surface area contributed by atoms with Gasteiger partial charge in [0.1, 0.15) is 5.69 Å². The maximum absolute atomic E-state index is 13.0. The number of benzene rings is 1. The Morgan fingerprint density at radius 1 is 1.14 bits per heavy atom. The second-order valence-corrected chi connectivity index (χ2v) is 6.25. The molecule has 1 aliphatic heterocycles. The lowest BCUT2D eigenvalue weighted by Gasteiger charge is -2.37. The highest BCUT2D eigenvalue weighted by molar-refractivity contribution is 5.91. The van der Waals surface area contributed by atoms with E-state index in [2.05, 4.69) is 20.4 Å². The number of amides is 2. The number of hydrogen-bond acceptors (Lipinski definition) is 5. The molecule has 0 aliphatic carbocycles. The van der Waals surface area contributed by atoms with E-state index in [0.29, 0.717) is 17.4 Å². The van der Waals surface area contributed by atoms with E-state index < -0.39 is 17.8 Å². The molecular formula is C18H14F3N5O2. The lowest BCUT2D eigenvalue weighted by molar-refractivity contribution is -0.136. The summed E-state index contributed by atoms with van der Waals surface area (Å²) in [5, 5.41) is 6.19. The highest BCUT2D eigenvalue weighted by atomic mass is 19.4. The Morgan fingerprint density at radius 2 is 1.89 bits per heavy atom. The lowest BCUT2D eigenvalue weighted by Crippen LogP contribution is -2.50. The third-order valence-electron chi connectivity index (χ3n) is 4.33. The maximum atomic E-state index is 13.0. The first-order valence-corrected chi connectivity index (χ1v) is 8.39. The van der Waals surface area contributed by atoms with Crippen LogP contribution >= 0.6 is 0 Å². The van der Waals surface area contributed by atoms with Crippen molar-refractivity contribution in [3.8, 4) is 11.5 Å². The molecule has 0 bridgehead atoms. The Bertz CT molecular complexity index is 984. The molecule has 0 unspecified atom stereocenters. The average Bonchev–Trinajstić information content (AvgIpc) is 3.10. The maximum Gasteiger partial charge on any atom is 0.418 e. The van der Waals surface area contributed by atoms with Crippen molar-refractivity contribution in [2.75, 3.05) is 18.4 Å². The number of aromatic nitrogens is 3. The summed E-state index contributed by atoms with van der Waals surface area (Å²) in [4.78, 5) is 22.0. The first kappa shape index (κ1) is 18.0. The summed E-state index contributed by atoms with van der Waals surface area (Å²) in [6, 6.07) is 9.54. The molecule has 0 saturated carbocycles. The van der Waals surface area contributed by atoms with Crippen molar-refractivity contribution in [2.24, 2.45) is 0 Å². The molecule has 144 valence electrons. The van der Waals surface area contributed by atoms with E-state index in [1.54, 1.807) is 24.4 Å². The summed E-state index contributed by atoms with van der Waals surface area (Å²) < 4.78 is 44.3. The number of likely N-dealkylation sites (tertiary alicyclic amines) is 1. The van der Waals surface area contributed by atoms with Crippen molar-refractivity contribution in [3.05, 3.63) is 60.1 Å². The summed E-state index contributed by atoms with van der Waals surface area (Å²) in [7, 11) is 0. The summed E-state index contributed by atoms with van der Waals surface area (Å²) in [5.74, 6) is 0.534. The summed E-state index contributed by atoms with van der Waals surface area (Å²) in [5.41, 5.74) is -0.605. The van der Waals surface area contributed by atoms with Gasteiger partial charge in [0.25, 0.3) is 0 Å². The van der Waals surface area contributed by atoms with E-state index >= 15 is 0 Å². The van der Waals surface area contributed by atoms with Gasteiger partial charge in [0, 0.05) is 19.3 Å². The van der Waals surface area contributed by atoms with E-state index in [-0.39, 0.29) is 24.7 Å². The minimum Gasteiger partial charge on any atom is -0.338 e. The van der Waals surface area contributed by atoms with Crippen molar-refractivity contribution in [1.29, 1.82) is 0 Å². The summed E-state index contributed by atoms with van der Waals surface area (Å²) >= 11 is 0. The molecule has 1 aliphatic rings. The third-order valence-corrected chi connectivity index (χ3v) is 4.33. The first-order valence-electron chi connectivity index (χ1n) is 8.39. The van der Waals surface area contributed by atoms with Crippen LogP contribution in [0, 0.1) is 0 Å². The normalized spacial score (nSPS) is 14.6. The highest BCUT2D eigenvalue weighted by Gasteiger charge is 2.38. The van der Waals surface area contributed by atoms with Gasteiger partial charge in [-0.1, -0.05) is 23.4 Å². The van der Waals surface area contributed by atoms with Gasteiger partial charge in [0.15, 0.2) is 0 Å². The number of rotatable bonds is 3. The molecule has 3 aromatic rings. The molecule has 0 radical (unpaired) electrons. The predicted molar refractivity (Wildman–Crippen MR) is 92.3 cm³/mol. The van der Waals surface area contributed by atoms with Crippen LogP contribution in [0.4, 0.5) is 23.7 Å². The van der Waals surface area contributed by atoms with Gasteiger partial charge in [-0.2, -0.15) is 18.2 Å². The monoisotopic (exact) mass is 389 g/mol. The molecule has 7 nitrogen and oxygen atoms in total. The number of nitrogens with zero attached hydrogens (tertiary/aromatic N) is 4. The van der Waals surface area contributed by atoms with E-state index in [0.717, 1.165) is 6.07 Å². The summed E-state index contributed by atoms with van der Waals surface area (Å²) in [6.45, 7) is 0.535. The van der Waals surface area contributed by atoms with Gasteiger partial charge < -0.3 is 14.7 Å². The number of nitrogens with one attached hydrogen (secondary N) is 1. The molecule has 1 aromatic carbocycles. The number of halogens is 3. The van der Waals surface area contributed by atoms with Crippen molar-refractivity contribution < 1.29 is 22.5 Å². The number of carbonyl (C=O) groups is 1. The van der Waals surface area contributed by atoms with Gasteiger partial charge in [-0.25, -0.2) is 4.79 Å². The highest BCUT2D eigenvalue weighted by Crippen LogP contribution is 2.35. The fourth-order valence-electron chi connectivity index (χ4n) is 2.83. The first-order chi connectivity index (χ1) is 13.4. The van der Waals surface area contributed by atoms with Gasteiger partial charge in [-0.3, -0.25) is 4.98 Å². The van der Waals surface area contributed by atoms with Gasteiger partial charge in [-0.15, -0.1) is 0 Å². The fraction of sp³-hybridized carbons (Fsp3) is 0.222. The molecule has 4 rings (SSSR count). The summed E-state index contributed by atoms with van der Waals surface area (Å²) in [6.07, 6.45) is -2.94. The molecular weight excluding hydrogens is 375 g/mol. The van der Waals surface area contributed by atoms with Crippen LogP contribution in [0.2, 0.25) is 0 Å². The van der Waals surface area contributed by atoms with E-state index in [9.17, 15) is 18.0 Å². The molecule has 1 saturated heterocycles. The van der Waals surface area contributed by atoms with Crippen LogP contribution < -0.4 is 5.32 Å². The predicted octanol–water partition coefficient (Wildman–Crippen LogP) is 3.78. The van der Waals surface area contributed by atoms with Crippen LogP contribution in [-0.4, -0.2) is 39.1 Å². The number of anilines is 1. The van der Waals surface area contributed by atoms with Crippen molar-refractivity contribution in [1.82, 2.24) is 20.0 Å². The largest absolute Gasteiger partial charge is 0.418 e. The van der Waals surface area contributed by atoms with Crippen LogP contribution in [0.5, 0.6) is 0 Å². The molecule has 3 heterocycles. The van der Waals surface area contributed by atoms with Crippen LogP contribution in [0.15, 0.2) is 53.2 Å². The number of para-hydroxylation sites is 1. The topological polar surface area (TPSA) is 84.2 Å². The molecule has 28 heavy (non-hydrogen) atoms. The molecule has 10 heteroatoms. The standard InChI is InChI=1S/C18H14F3N5O2/c19-18(20,21)12-5-1-2-6-13(12)23-17(27)26-9-11(10-26)16-24-15(25-28-16)14-7-3-4-8-22-14/h1-8,11H,9-10H2,(H,23,27). The third kappa shape index (κ3) is 3.53. The number of carbonyl (C=O) groups excluding carboxylic acids is 1. The second kappa shape index (κ2) is 6.95. The second-order valence-electron chi connectivity index (χ2n) is 6.25. The Hall–Kier alpha value is -3.43. The van der Waals surface area contributed by atoms with Gasteiger partial charge in [0.2, 0.25) is 11.7 Å². The number of alkyl halides is 3. The lowest BCUT2D eigenvalue weighted by atomic mass is 10.0. The Kier molecular flexibility index (Phi) is 4.46. The van der Waals surface area contributed by atoms with Gasteiger partial charge >= 0.3 is 12.2 Å². The zero-order valence-corrected chi connectivity index (χ0v) is 14.3. The Morgan fingerprint density at radius 3 is 2.61 bits per heavy atom. The Labute approximate surface area is 157 Å². The van der Waals surface area contributed by atoms with Crippen LogP contribution in [0.25, 0.3) is 11.5 Å². The zero-order valence-electron chi connectivity index (χ0n) is 14.3. The van der Waals surface area contributed by atoms with Gasteiger partial charge in [-0.05, 0) is 24.3 Å². The average molecular weight is 389 g/mol. The number of hydrogen-bond donors (Lipinski definition) is 1. The zero-order chi connectivity index (χ0) is 19.7. The SMILES string of the molecule is O=C(Nc1ccccc1C(F)(F)F)N1CC(c2nc(-c3ccccn3)no2)C1. The molecule has 2 amide bonds. The van der Waals surface area contributed by atoms with E-state index in [4.69, 9.17) is 4.52 Å². The quantitative estimate of drug-likeness (QED) is 0.737. The van der Waals surface area contributed by atoms with Crippen molar-refractivity contribution >= 4 is 11.7 Å². The van der Waals surface area contributed by atoms with E-state index in [1.165, 1.54) is 23.1 Å². The van der Waals surface area contributed by atoms with Gasteiger partial charge in [0.05, 0.1) is 17.2 Å². The minimum atomic E-state index is -4.55. The van der Waals surface area contributed by atoms with Crippen LogP contribution in [0.1, 0.15) is 17.4 Å². The van der Waals surface area contributed by atoms with Crippen LogP contribution in [-0.2, 0) is 6.18 Å². The Balaban J connectivity index is 1.39. The molecule has 2 aromatic heterocycles. The van der Waals surface area contributed by atoms with Crippen LogP contribution in [0.3, 0.4) is 0 Å². The molecule has 1 N–H and O–H groups in total. The fourth-order valence-corrected chi connectivity index (χ4v) is 2.83. The smallest absolute Gasteiger partial charge is 0.338 e. The number of urea groups is 1. The molecule has 1 fully saturated rings. The van der Waals surface area contributed by atoms with Crippen molar-refractivity contribution in [3.63, 3.8) is 0 Å². The molecule has 0 atom stereocenters. The van der Waals surface area contributed by atoms with Crippen molar-refractivity contribution in [2.45, 2.75) is 12.1 Å². The van der Waals surface area contributed by atoms with E-state index in [1.807, 2.05) is 0 Å². The number of pyridine rings is 1. The minimum absolute atomic E-state index is 0.173. The molecule has 0 spiro atoms.